The molecule has 9 nitrogen and oxygen atoms in total. The monoisotopic (exact) mass is 576 g/mol. The zero-order valence-electron chi connectivity index (χ0n) is 24.8. The highest BCUT2D eigenvalue weighted by molar-refractivity contribution is 6.00. The minimum atomic E-state index is -0.0294. The Balaban J connectivity index is 1.24. The summed E-state index contributed by atoms with van der Waals surface area (Å²) >= 11 is 0. The molecule has 8 rings (SSSR count). The fourth-order valence-corrected chi connectivity index (χ4v) is 7.37. The molecule has 1 saturated heterocycles. The summed E-state index contributed by atoms with van der Waals surface area (Å²) in [7, 11) is 5.42. The lowest BCUT2D eigenvalue weighted by atomic mass is 10.1. The molecule has 43 heavy (non-hydrogen) atoms. The summed E-state index contributed by atoms with van der Waals surface area (Å²) in [6, 6.07) is 16.2. The number of carbonyl (C=O) groups is 1. The van der Waals surface area contributed by atoms with Crippen molar-refractivity contribution in [3.8, 4) is 28.4 Å². The Hall–Kier alpha value is -4.37. The van der Waals surface area contributed by atoms with Gasteiger partial charge >= 0.3 is 0 Å². The standard InChI is InChI=1S/C34H36N6O3/c1-37-11-10-21(16-30(37)41)20-6-7-22-14-28(39(27(22)13-20)17-19-4-5-19)33-36-25-12-24(15-29(43-3)32(25)38(33)2)34(42)40-18-23-8-9-26(40)31(23)35/h6-7,10-16,19,23,26,31H,4-5,8-9,17-18,35H2,1-3H3/t23?,26?,31-/m1/s1. The maximum absolute atomic E-state index is 13.7. The van der Waals surface area contributed by atoms with Crippen LogP contribution in [0, 0.1) is 11.8 Å². The number of carbonyl (C=O) groups excluding carboxylic acids is 1. The van der Waals surface area contributed by atoms with E-state index < -0.39 is 0 Å². The summed E-state index contributed by atoms with van der Waals surface area (Å²) in [5.74, 6) is 2.49. The topological polar surface area (TPSA) is 100 Å². The molecule has 3 atom stereocenters. The van der Waals surface area contributed by atoms with E-state index in [1.54, 1.807) is 24.8 Å². The van der Waals surface area contributed by atoms with Gasteiger partial charge in [0.15, 0.2) is 5.82 Å². The van der Waals surface area contributed by atoms with Crippen LogP contribution in [0.2, 0.25) is 0 Å². The van der Waals surface area contributed by atoms with E-state index in [2.05, 4.69) is 33.4 Å². The maximum atomic E-state index is 13.7. The second-order valence-electron chi connectivity index (χ2n) is 12.7. The molecule has 9 heteroatoms. The molecule has 0 spiro atoms. The van der Waals surface area contributed by atoms with Crippen molar-refractivity contribution in [1.29, 1.82) is 0 Å². The molecule has 5 aromatic rings. The fraction of sp³-hybridized carbons (Fsp3) is 0.382. The van der Waals surface area contributed by atoms with Gasteiger partial charge in [-0.1, -0.05) is 12.1 Å². The molecular formula is C34H36N6O3. The Bertz CT molecular complexity index is 2000. The number of likely N-dealkylation sites (tertiary alicyclic amines) is 1. The van der Waals surface area contributed by atoms with Crippen LogP contribution in [0.15, 0.2) is 59.5 Å². The van der Waals surface area contributed by atoms with E-state index in [1.807, 2.05) is 36.3 Å². The number of methoxy groups -OCH3 is 1. The van der Waals surface area contributed by atoms with Gasteiger partial charge in [-0.05, 0) is 79.0 Å². The van der Waals surface area contributed by atoms with Crippen molar-refractivity contribution in [2.45, 2.75) is 44.3 Å². The minimum Gasteiger partial charge on any atom is -0.494 e. The molecule has 4 heterocycles. The van der Waals surface area contributed by atoms with Gasteiger partial charge in [0.05, 0.1) is 18.3 Å². The Morgan fingerprint density at radius 3 is 2.53 bits per heavy atom. The molecule has 2 bridgehead atoms. The van der Waals surface area contributed by atoms with E-state index in [0.717, 1.165) is 70.5 Å². The first-order valence-corrected chi connectivity index (χ1v) is 15.2. The van der Waals surface area contributed by atoms with Gasteiger partial charge in [0, 0.05) is 68.0 Å². The zero-order valence-corrected chi connectivity index (χ0v) is 24.8. The van der Waals surface area contributed by atoms with Gasteiger partial charge in [-0.2, -0.15) is 0 Å². The Morgan fingerprint density at radius 2 is 1.84 bits per heavy atom. The first-order valence-electron chi connectivity index (χ1n) is 15.2. The number of aromatic nitrogens is 4. The highest BCUT2D eigenvalue weighted by Gasteiger charge is 2.47. The van der Waals surface area contributed by atoms with Gasteiger partial charge in [-0.25, -0.2) is 4.98 Å². The first-order chi connectivity index (χ1) is 20.8. The number of nitrogens with two attached hydrogens (primary N) is 1. The van der Waals surface area contributed by atoms with Crippen molar-refractivity contribution >= 4 is 27.8 Å². The van der Waals surface area contributed by atoms with Gasteiger partial charge < -0.3 is 29.1 Å². The van der Waals surface area contributed by atoms with E-state index >= 15 is 0 Å². The SMILES string of the molecule is COc1cc(C(=O)N2CC3CCC2[C@@H]3N)cc2nc(-c3cc4ccc(-c5ccn(C)c(=O)c5)cc4n3CC3CC3)n(C)c12. The first kappa shape index (κ1) is 26.3. The van der Waals surface area contributed by atoms with Crippen molar-refractivity contribution in [1.82, 2.24) is 23.6 Å². The predicted molar refractivity (Wildman–Crippen MR) is 167 cm³/mol. The van der Waals surface area contributed by atoms with Gasteiger partial charge in [0.2, 0.25) is 0 Å². The Kier molecular flexibility index (Phi) is 5.85. The number of imidazole rings is 1. The molecule has 3 aromatic heterocycles. The third kappa shape index (κ3) is 4.12. The number of hydrogen-bond donors (Lipinski definition) is 1. The van der Waals surface area contributed by atoms with Crippen molar-refractivity contribution in [2.24, 2.45) is 31.7 Å². The van der Waals surface area contributed by atoms with E-state index in [9.17, 15) is 9.59 Å². The second kappa shape index (κ2) is 9.57. The van der Waals surface area contributed by atoms with E-state index in [1.165, 1.54) is 12.8 Å². The Morgan fingerprint density at radius 1 is 1.02 bits per heavy atom. The highest BCUT2D eigenvalue weighted by Crippen LogP contribution is 2.40. The van der Waals surface area contributed by atoms with Crippen LogP contribution in [0.25, 0.3) is 44.6 Å². The van der Waals surface area contributed by atoms with Crippen LogP contribution in [0.4, 0.5) is 0 Å². The molecule has 2 aromatic carbocycles. The number of hydrogen-bond acceptors (Lipinski definition) is 5. The van der Waals surface area contributed by atoms with E-state index in [0.29, 0.717) is 23.1 Å². The lowest BCUT2D eigenvalue weighted by Crippen LogP contribution is -2.41. The maximum Gasteiger partial charge on any atom is 0.254 e. The van der Waals surface area contributed by atoms with Crippen LogP contribution < -0.4 is 16.0 Å². The molecule has 1 amide bonds. The van der Waals surface area contributed by atoms with Crippen LogP contribution in [0.1, 0.15) is 36.0 Å². The number of fused-ring (bicyclic) bond motifs is 4. The second-order valence-corrected chi connectivity index (χ2v) is 12.7. The smallest absolute Gasteiger partial charge is 0.254 e. The molecule has 2 unspecified atom stereocenters. The number of rotatable bonds is 6. The average Bonchev–Trinajstić information content (AvgIpc) is 3.42. The lowest BCUT2D eigenvalue weighted by molar-refractivity contribution is 0.0700. The highest BCUT2D eigenvalue weighted by atomic mass is 16.5. The van der Waals surface area contributed by atoms with Crippen molar-refractivity contribution in [3.05, 3.63) is 70.6 Å². The summed E-state index contributed by atoms with van der Waals surface area (Å²) in [6.45, 7) is 1.62. The quantitative estimate of drug-likeness (QED) is 0.320. The molecule has 0 radical (unpaired) electrons. The van der Waals surface area contributed by atoms with Crippen LogP contribution in [0.5, 0.6) is 5.75 Å². The molecule has 2 saturated carbocycles. The number of piperidine rings is 1. The lowest BCUT2D eigenvalue weighted by Gasteiger charge is -2.27. The summed E-state index contributed by atoms with van der Waals surface area (Å²) in [6.07, 6.45) is 6.32. The minimum absolute atomic E-state index is 0.00109. The summed E-state index contributed by atoms with van der Waals surface area (Å²) < 4.78 is 11.9. The predicted octanol–water partition coefficient (Wildman–Crippen LogP) is 4.54. The third-order valence-electron chi connectivity index (χ3n) is 10.0. The zero-order chi connectivity index (χ0) is 29.6. The largest absolute Gasteiger partial charge is 0.494 e. The molecule has 3 fully saturated rings. The average molecular weight is 577 g/mol. The number of amides is 1. The fourth-order valence-electron chi connectivity index (χ4n) is 7.37. The Labute approximate surface area is 249 Å². The molecule has 3 aliphatic rings. The van der Waals surface area contributed by atoms with Gasteiger partial charge in [-0.3, -0.25) is 9.59 Å². The van der Waals surface area contributed by atoms with Gasteiger partial charge in [0.25, 0.3) is 11.5 Å². The number of pyridine rings is 1. The van der Waals surface area contributed by atoms with Crippen LogP contribution in [0.3, 0.4) is 0 Å². The summed E-state index contributed by atoms with van der Waals surface area (Å²) in [4.78, 5) is 33.1. The van der Waals surface area contributed by atoms with Crippen LogP contribution in [-0.4, -0.2) is 55.2 Å². The molecule has 220 valence electrons. The number of ether oxygens (including phenoxy) is 1. The van der Waals surface area contributed by atoms with Crippen molar-refractivity contribution < 1.29 is 9.53 Å². The molecular weight excluding hydrogens is 540 g/mol. The molecule has 2 aliphatic carbocycles. The van der Waals surface area contributed by atoms with Crippen molar-refractivity contribution in [3.63, 3.8) is 0 Å². The normalized spacial score (nSPS) is 21.4. The molecule has 1 aliphatic heterocycles. The number of nitrogens with zero attached hydrogens (tertiary/aromatic N) is 5. The summed E-state index contributed by atoms with van der Waals surface area (Å²) in [5.41, 5.74) is 12.6. The van der Waals surface area contributed by atoms with Gasteiger partial charge in [0.1, 0.15) is 11.3 Å². The summed E-state index contributed by atoms with van der Waals surface area (Å²) in [5, 5.41) is 1.12. The number of aryl methyl sites for hydroxylation is 2. The van der Waals surface area contributed by atoms with Crippen LogP contribution >= 0.6 is 0 Å². The molecule has 2 N–H and O–H groups in total. The van der Waals surface area contributed by atoms with Gasteiger partial charge in [-0.15, -0.1) is 0 Å². The third-order valence-corrected chi connectivity index (χ3v) is 10.0. The number of benzene rings is 2. The van der Waals surface area contributed by atoms with E-state index in [-0.39, 0.29) is 23.6 Å². The van der Waals surface area contributed by atoms with E-state index in [4.69, 9.17) is 15.5 Å². The van der Waals surface area contributed by atoms with Crippen LogP contribution in [-0.2, 0) is 20.6 Å². The van der Waals surface area contributed by atoms with Crippen molar-refractivity contribution in [2.75, 3.05) is 13.7 Å².